The van der Waals surface area contributed by atoms with E-state index in [-0.39, 0.29) is 28.8 Å². The molecule has 3 atom stereocenters. The van der Waals surface area contributed by atoms with Crippen molar-refractivity contribution in [2.75, 3.05) is 32.6 Å². The lowest BCUT2D eigenvalue weighted by atomic mass is 9.93. The molecule has 0 radical (unpaired) electrons. The summed E-state index contributed by atoms with van der Waals surface area (Å²) in [5, 5.41) is 7.91. The Kier molecular flexibility index (Phi) is 6.96. The predicted octanol–water partition coefficient (Wildman–Crippen LogP) is 3.55. The maximum Gasteiger partial charge on any atom is 0.276 e. The molecule has 0 bridgehead atoms. The Hall–Kier alpha value is -3.37. The lowest BCUT2D eigenvalue weighted by Crippen LogP contribution is -2.55. The van der Waals surface area contributed by atoms with Gasteiger partial charge in [-0.15, -0.1) is 11.6 Å². The summed E-state index contributed by atoms with van der Waals surface area (Å²) in [6.07, 6.45) is 1.99. The number of ether oxygens (including phenoxy) is 1. The van der Waals surface area contributed by atoms with Crippen LogP contribution in [0.25, 0.3) is 5.69 Å². The van der Waals surface area contributed by atoms with E-state index in [0.29, 0.717) is 35.5 Å². The van der Waals surface area contributed by atoms with E-state index in [1.54, 1.807) is 32.8 Å². The van der Waals surface area contributed by atoms with Gasteiger partial charge in [-0.05, 0) is 30.0 Å². The van der Waals surface area contributed by atoms with Crippen molar-refractivity contribution in [2.45, 2.75) is 43.6 Å². The maximum atomic E-state index is 14.0. The normalized spacial score (nSPS) is 21.1. The number of hydrogen-bond acceptors (Lipinski definition) is 7. The van der Waals surface area contributed by atoms with E-state index in [4.69, 9.17) is 33.0 Å². The van der Waals surface area contributed by atoms with Gasteiger partial charge in [0, 0.05) is 31.2 Å². The molecule has 1 saturated heterocycles. The zero-order valence-corrected chi connectivity index (χ0v) is 23.3. The average molecular weight is 558 g/mol. The molecular weight excluding hydrogens is 529 g/mol. The van der Waals surface area contributed by atoms with Crippen LogP contribution in [-0.4, -0.2) is 75.6 Å². The van der Waals surface area contributed by atoms with Crippen LogP contribution in [0.4, 0.5) is 5.95 Å². The van der Waals surface area contributed by atoms with Crippen molar-refractivity contribution < 1.29 is 14.3 Å². The van der Waals surface area contributed by atoms with Crippen LogP contribution in [0.5, 0.6) is 5.88 Å². The van der Waals surface area contributed by atoms with Gasteiger partial charge in [-0.3, -0.25) is 9.59 Å². The quantitative estimate of drug-likeness (QED) is 0.462. The van der Waals surface area contributed by atoms with Crippen LogP contribution in [0.1, 0.15) is 59.5 Å². The second-order valence-corrected chi connectivity index (χ2v) is 11.0. The van der Waals surface area contributed by atoms with Gasteiger partial charge < -0.3 is 19.9 Å². The minimum atomic E-state index is -0.737. The number of nitrogens with one attached hydrogen (secondary N) is 1. The minimum Gasteiger partial charge on any atom is -0.479 e. The molecule has 2 unspecified atom stereocenters. The summed E-state index contributed by atoms with van der Waals surface area (Å²) in [7, 11) is 5.21. The monoisotopic (exact) mass is 557 g/mol. The number of carbonyl (C=O) groups is 2. The second kappa shape index (κ2) is 10.1. The maximum absolute atomic E-state index is 14.0. The van der Waals surface area contributed by atoms with Gasteiger partial charge in [-0.25, -0.2) is 9.67 Å². The van der Waals surface area contributed by atoms with Crippen LogP contribution in [0, 0.1) is 0 Å². The molecule has 5 rings (SSSR count). The molecule has 2 aliphatic heterocycles. The summed E-state index contributed by atoms with van der Waals surface area (Å²) >= 11 is 12.6. The van der Waals surface area contributed by atoms with Crippen molar-refractivity contribution in [1.82, 2.24) is 30.0 Å². The first-order valence-corrected chi connectivity index (χ1v) is 13.1. The number of alkyl halides is 1. The highest BCUT2D eigenvalue weighted by atomic mass is 35.5. The fourth-order valence-electron chi connectivity index (χ4n) is 5.15. The Morgan fingerprint density at radius 1 is 1.18 bits per heavy atom. The van der Waals surface area contributed by atoms with Crippen LogP contribution in [0.2, 0.25) is 5.02 Å². The lowest BCUT2D eigenvalue weighted by Gasteiger charge is -2.37. The van der Waals surface area contributed by atoms with E-state index < -0.39 is 12.1 Å². The third kappa shape index (κ3) is 4.35. The van der Waals surface area contributed by atoms with Gasteiger partial charge in [-0.1, -0.05) is 37.6 Å². The summed E-state index contributed by atoms with van der Waals surface area (Å²) in [6.45, 7) is 4.43. The molecule has 3 aromatic rings. The van der Waals surface area contributed by atoms with Crippen LogP contribution in [0.15, 0.2) is 30.5 Å². The zero-order valence-electron chi connectivity index (χ0n) is 21.8. The molecule has 1 N–H and O–H groups in total. The Labute approximate surface area is 230 Å². The number of rotatable bonds is 6. The molecule has 2 amide bonds. The van der Waals surface area contributed by atoms with E-state index in [1.807, 2.05) is 40.1 Å². The number of benzene rings is 1. The summed E-state index contributed by atoms with van der Waals surface area (Å²) in [6, 6.07) is 6.00. The summed E-state index contributed by atoms with van der Waals surface area (Å²) < 4.78 is 7.30. The Balaban J connectivity index is 1.72. The zero-order chi connectivity index (χ0) is 27.3. The van der Waals surface area contributed by atoms with Gasteiger partial charge in [0.05, 0.1) is 30.4 Å². The van der Waals surface area contributed by atoms with E-state index in [0.717, 1.165) is 16.8 Å². The lowest BCUT2D eigenvalue weighted by molar-refractivity contribution is -0.127. The number of amides is 2. The Morgan fingerprint density at radius 3 is 2.53 bits per heavy atom. The predicted molar refractivity (Wildman–Crippen MR) is 145 cm³/mol. The summed E-state index contributed by atoms with van der Waals surface area (Å²) in [4.78, 5) is 39.4. The molecule has 38 heavy (non-hydrogen) atoms. The number of fused-ring (bicyclic) bond motifs is 1. The van der Waals surface area contributed by atoms with E-state index >= 15 is 0 Å². The largest absolute Gasteiger partial charge is 0.479 e. The van der Waals surface area contributed by atoms with Crippen LogP contribution >= 0.6 is 23.2 Å². The number of methoxy groups -OCH3 is 1. The fourth-order valence-corrected chi connectivity index (χ4v) is 5.52. The van der Waals surface area contributed by atoms with Gasteiger partial charge in [0.1, 0.15) is 11.7 Å². The van der Waals surface area contributed by atoms with Crippen molar-refractivity contribution >= 4 is 41.0 Å². The van der Waals surface area contributed by atoms with Gasteiger partial charge in [-0.2, -0.15) is 10.1 Å². The number of carbonyl (C=O) groups excluding carboxylic acids is 2. The molecule has 200 valence electrons. The van der Waals surface area contributed by atoms with Crippen molar-refractivity contribution in [3.8, 4) is 11.6 Å². The summed E-state index contributed by atoms with van der Waals surface area (Å²) in [5.41, 5.74) is 3.14. The second-order valence-electron chi connectivity index (χ2n) is 9.93. The van der Waals surface area contributed by atoms with Gasteiger partial charge in [0.15, 0.2) is 5.69 Å². The third-order valence-corrected chi connectivity index (χ3v) is 7.42. The number of nitrogens with zero attached hydrogens (tertiary/aromatic N) is 6. The van der Waals surface area contributed by atoms with E-state index in [2.05, 4.69) is 15.3 Å². The number of piperidine rings is 1. The first-order valence-electron chi connectivity index (χ1n) is 12.3. The molecule has 1 aromatic carbocycles. The molecular formula is C26H29Cl2N7O3. The number of halogens is 2. The highest BCUT2D eigenvalue weighted by molar-refractivity contribution is 6.30. The molecule has 1 fully saturated rings. The van der Waals surface area contributed by atoms with Gasteiger partial charge in [0.2, 0.25) is 17.7 Å². The molecule has 2 aromatic heterocycles. The van der Waals surface area contributed by atoms with Crippen molar-refractivity contribution in [2.24, 2.45) is 0 Å². The standard InChI is InChI=1S/C26H29Cl2N7O3/c1-13(2)21-19-20(32-35(21)18-12-30-26(33(3)4)31-24(18)38-5)25(37)34(17-10-16(28)11-29-23(17)36)22(19)14-6-8-15(27)9-7-14/h6-9,12-13,16-17,22H,10-11H2,1-5H3,(H,29,36)/t16?,17?,22-/m0/s1. The summed E-state index contributed by atoms with van der Waals surface area (Å²) in [5.74, 6) is 0.198. The highest BCUT2D eigenvalue weighted by Crippen LogP contribution is 2.46. The topological polar surface area (TPSA) is 105 Å². The molecule has 10 nitrogen and oxygen atoms in total. The Morgan fingerprint density at radius 2 is 1.89 bits per heavy atom. The average Bonchev–Trinajstić information content (AvgIpc) is 3.40. The first-order chi connectivity index (χ1) is 18.1. The van der Waals surface area contributed by atoms with Crippen molar-refractivity contribution in [1.29, 1.82) is 0 Å². The van der Waals surface area contributed by atoms with E-state index in [1.165, 1.54) is 7.11 Å². The molecule has 0 spiro atoms. The molecule has 4 heterocycles. The molecule has 0 aliphatic carbocycles. The third-order valence-electron chi connectivity index (χ3n) is 6.84. The SMILES string of the molecule is COc1nc(N(C)C)ncc1-n1nc2c(c1C(C)C)[C@H](c1ccc(Cl)cc1)N(C1CC(Cl)CNC1=O)C2=O. The number of anilines is 1. The first kappa shape index (κ1) is 26.2. The van der Waals surface area contributed by atoms with Crippen molar-refractivity contribution in [3.05, 3.63) is 58.0 Å². The van der Waals surface area contributed by atoms with Gasteiger partial charge in [0.25, 0.3) is 5.91 Å². The van der Waals surface area contributed by atoms with Crippen LogP contribution in [-0.2, 0) is 4.79 Å². The van der Waals surface area contributed by atoms with Crippen LogP contribution < -0.4 is 15.0 Å². The fraction of sp³-hybridized carbons (Fsp3) is 0.423. The Bertz CT molecular complexity index is 1390. The number of aromatic nitrogens is 4. The molecule has 0 saturated carbocycles. The van der Waals surface area contributed by atoms with E-state index in [9.17, 15) is 9.59 Å². The smallest absolute Gasteiger partial charge is 0.276 e. The number of hydrogen-bond donors (Lipinski definition) is 1. The molecule has 2 aliphatic rings. The minimum absolute atomic E-state index is 0.0482. The highest BCUT2D eigenvalue weighted by Gasteiger charge is 2.49. The molecule has 12 heteroatoms. The van der Waals surface area contributed by atoms with Crippen LogP contribution in [0.3, 0.4) is 0 Å². The van der Waals surface area contributed by atoms with Gasteiger partial charge >= 0.3 is 0 Å². The van der Waals surface area contributed by atoms with Crippen molar-refractivity contribution in [3.63, 3.8) is 0 Å².